The Hall–Kier alpha value is -2.56. The molecular formula is C14H14N4O. The number of rotatable bonds is 3. The molecule has 5 nitrogen and oxygen atoms in total. The van der Waals surface area contributed by atoms with Gasteiger partial charge in [-0.15, -0.1) is 5.10 Å². The van der Waals surface area contributed by atoms with E-state index < -0.39 is 0 Å². The van der Waals surface area contributed by atoms with E-state index in [1.54, 1.807) is 16.6 Å². The molecule has 1 aromatic carbocycles. The van der Waals surface area contributed by atoms with E-state index in [0.29, 0.717) is 12.5 Å². The first-order valence-corrected chi connectivity index (χ1v) is 6.07. The van der Waals surface area contributed by atoms with Gasteiger partial charge in [0.2, 0.25) is 5.95 Å². The van der Waals surface area contributed by atoms with Gasteiger partial charge < -0.3 is 10.4 Å². The van der Waals surface area contributed by atoms with Gasteiger partial charge in [0.15, 0.2) is 5.65 Å². The van der Waals surface area contributed by atoms with Crippen molar-refractivity contribution in [3.63, 3.8) is 0 Å². The number of nitrogens with zero attached hydrogens (tertiary/aromatic N) is 3. The highest BCUT2D eigenvalue weighted by Gasteiger charge is 2.06. The Balaban J connectivity index is 1.83. The van der Waals surface area contributed by atoms with Gasteiger partial charge in [-0.25, -0.2) is 4.52 Å². The topological polar surface area (TPSA) is 62.5 Å². The highest BCUT2D eigenvalue weighted by Crippen LogP contribution is 2.17. The minimum absolute atomic E-state index is 0.273. The zero-order valence-corrected chi connectivity index (χ0v) is 10.5. The van der Waals surface area contributed by atoms with Crippen molar-refractivity contribution in [1.29, 1.82) is 0 Å². The van der Waals surface area contributed by atoms with Gasteiger partial charge in [0, 0.05) is 18.3 Å². The summed E-state index contributed by atoms with van der Waals surface area (Å²) in [7, 11) is 0. The summed E-state index contributed by atoms with van der Waals surface area (Å²) in [5, 5.41) is 17.1. The number of nitrogens with one attached hydrogen (secondary N) is 1. The van der Waals surface area contributed by atoms with Gasteiger partial charge in [-0.3, -0.25) is 0 Å². The summed E-state index contributed by atoms with van der Waals surface area (Å²) in [6.07, 6.45) is 1.86. The van der Waals surface area contributed by atoms with Crippen molar-refractivity contribution in [2.75, 3.05) is 5.32 Å². The van der Waals surface area contributed by atoms with Crippen LogP contribution in [0.5, 0.6) is 5.75 Å². The number of aromatic hydroxyl groups is 1. The van der Waals surface area contributed by atoms with Crippen LogP contribution in [0.25, 0.3) is 5.65 Å². The van der Waals surface area contributed by atoms with Crippen LogP contribution in [0, 0.1) is 6.92 Å². The summed E-state index contributed by atoms with van der Waals surface area (Å²) in [6.45, 7) is 2.49. The number of phenolic OH excluding ortho intramolecular Hbond substituents is 1. The fraction of sp³-hybridized carbons (Fsp3) is 0.143. The second-order valence-corrected chi connectivity index (χ2v) is 4.38. The number of para-hydroxylation sites is 1. The van der Waals surface area contributed by atoms with Crippen LogP contribution in [0.1, 0.15) is 11.1 Å². The second-order valence-electron chi connectivity index (χ2n) is 4.38. The number of pyridine rings is 1. The Labute approximate surface area is 110 Å². The van der Waals surface area contributed by atoms with Crippen LogP contribution < -0.4 is 5.32 Å². The van der Waals surface area contributed by atoms with Crippen LogP contribution in [-0.4, -0.2) is 19.7 Å². The van der Waals surface area contributed by atoms with Crippen LogP contribution >= 0.6 is 0 Å². The lowest BCUT2D eigenvalue weighted by Crippen LogP contribution is -2.01. The average Bonchev–Trinajstić information content (AvgIpc) is 2.82. The maximum atomic E-state index is 9.69. The van der Waals surface area contributed by atoms with Gasteiger partial charge in [-0.2, -0.15) is 4.98 Å². The molecule has 2 N–H and O–H groups in total. The van der Waals surface area contributed by atoms with E-state index in [0.717, 1.165) is 16.8 Å². The lowest BCUT2D eigenvalue weighted by molar-refractivity contribution is 0.469. The summed E-state index contributed by atoms with van der Waals surface area (Å²) in [5.74, 6) is 0.826. The van der Waals surface area contributed by atoms with E-state index in [2.05, 4.69) is 15.4 Å². The third-order valence-corrected chi connectivity index (χ3v) is 2.99. The molecule has 0 saturated heterocycles. The lowest BCUT2D eigenvalue weighted by Gasteiger charge is -2.03. The normalized spacial score (nSPS) is 10.8. The number of hydrogen-bond acceptors (Lipinski definition) is 4. The van der Waals surface area contributed by atoms with E-state index in [4.69, 9.17) is 0 Å². The quantitative estimate of drug-likeness (QED) is 0.753. The molecule has 0 aliphatic heterocycles. The number of hydrogen-bond donors (Lipinski definition) is 2. The highest BCUT2D eigenvalue weighted by molar-refractivity contribution is 5.50. The van der Waals surface area contributed by atoms with E-state index in [9.17, 15) is 5.11 Å². The monoisotopic (exact) mass is 254 g/mol. The van der Waals surface area contributed by atoms with Crippen molar-refractivity contribution >= 4 is 11.6 Å². The Bertz CT molecular complexity index is 720. The Morgan fingerprint density at radius 1 is 1.21 bits per heavy atom. The summed E-state index contributed by atoms with van der Waals surface area (Å²) in [4.78, 5) is 4.42. The van der Waals surface area contributed by atoms with Gasteiger partial charge in [0.05, 0.1) is 0 Å². The number of benzene rings is 1. The molecule has 0 unspecified atom stereocenters. The average molecular weight is 254 g/mol. The first-order chi connectivity index (χ1) is 9.24. The molecule has 0 spiro atoms. The van der Waals surface area contributed by atoms with Crippen molar-refractivity contribution in [1.82, 2.24) is 14.6 Å². The molecule has 19 heavy (non-hydrogen) atoms. The number of aryl methyl sites for hydroxylation is 1. The standard InChI is InChI=1S/C14H14N4O/c1-10-5-4-8-18-13(10)16-14(17-18)15-9-11-6-2-3-7-12(11)19/h2-8,19H,9H2,1H3,(H,15,17). The van der Waals surface area contributed by atoms with Crippen LogP contribution in [0.15, 0.2) is 42.6 Å². The molecule has 96 valence electrons. The third-order valence-electron chi connectivity index (χ3n) is 2.99. The van der Waals surface area contributed by atoms with E-state index in [1.807, 2.05) is 37.4 Å². The molecule has 0 aliphatic rings. The van der Waals surface area contributed by atoms with Crippen LogP contribution in [0.3, 0.4) is 0 Å². The molecule has 3 rings (SSSR count). The second kappa shape index (κ2) is 4.61. The Morgan fingerprint density at radius 3 is 2.84 bits per heavy atom. The van der Waals surface area contributed by atoms with Crippen LogP contribution in [-0.2, 0) is 6.54 Å². The van der Waals surface area contributed by atoms with Crippen LogP contribution in [0.2, 0.25) is 0 Å². The summed E-state index contributed by atoms with van der Waals surface area (Å²) in [6, 6.07) is 11.1. The fourth-order valence-corrected chi connectivity index (χ4v) is 1.95. The zero-order chi connectivity index (χ0) is 13.2. The van der Waals surface area contributed by atoms with Gasteiger partial charge in [0.25, 0.3) is 0 Å². The Morgan fingerprint density at radius 2 is 2.05 bits per heavy atom. The number of fused-ring (bicyclic) bond motifs is 1. The largest absolute Gasteiger partial charge is 0.508 e. The predicted molar refractivity (Wildman–Crippen MR) is 73.2 cm³/mol. The van der Waals surface area contributed by atoms with Gasteiger partial charge in [-0.05, 0) is 24.6 Å². The summed E-state index contributed by atoms with van der Waals surface area (Å²) >= 11 is 0. The van der Waals surface area contributed by atoms with Crippen molar-refractivity contribution in [3.05, 3.63) is 53.7 Å². The van der Waals surface area contributed by atoms with Crippen molar-refractivity contribution in [3.8, 4) is 5.75 Å². The van der Waals surface area contributed by atoms with Crippen molar-refractivity contribution in [2.45, 2.75) is 13.5 Å². The zero-order valence-electron chi connectivity index (χ0n) is 10.5. The minimum atomic E-state index is 0.273. The highest BCUT2D eigenvalue weighted by atomic mass is 16.3. The van der Waals surface area contributed by atoms with Gasteiger partial charge >= 0.3 is 0 Å². The molecule has 0 radical (unpaired) electrons. The molecule has 2 aromatic heterocycles. The molecular weight excluding hydrogens is 240 g/mol. The molecule has 0 atom stereocenters. The number of anilines is 1. The first kappa shape index (κ1) is 11.5. The van der Waals surface area contributed by atoms with E-state index in [-0.39, 0.29) is 5.75 Å². The van der Waals surface area contributed by atoms with Gasteiger partial charge in [-0.1, -0.05) is 24.3 Å². The molecule has 0 fully saturated rings. The molecule has 0 amide bonds. The molecule has 5 heteroatoms. The lowest BCUT2D eigenvalue weighted by atomic mass is 10.2. The third kappa shape index (κ3) is 2.22. The molecule has 0 aliphatic carbocycles. The van der Waals surface area contributed by atoms with E-state index >= 15 is 0 Å². The smallest absolute Gasteiger partial charge is 0.243 e. The molecule has 0 bridgehead atoms. The first-order valence-electron chi connectivity index (χ1n) is 6.07. The maximum absolute atomic E-state index is 9.69. The van der Waals surface area contributed by atoms with Crippen molar-refractivity contribution < 1.29 is 5.11 Å². The van der Waals surface area contributed by atoms with Crippen LogP contribution in [0.4, 0.5) is 5.95 Å². The van der Waals surface area contributed by atoms with Gasteiger partial charge in [0.1, 0.15) is 5.75 Å². The molecule has 3 aromatic rings. The maximum Gasteiger partial charge on any atom is 0.243 e. The van der Waals surface area contributed by atoms with E-state index in [1.165, 1.54) is 0 Å². The molecule has 0 saturated carbocycles. The predicted octanol–water partition coefficient (Wildman–Crippen LogP) is 2.36. The number of phenols is 1. The summed E-state index contributed by atoms with van der Waals surface area (Å²) < 4.78 is 1.74. The summed E-state index contributed by atoms with van der Waals surface area (Å²) in [5.41, 5.74) is 2.73. The number of aromatic nitrogens is 3. The SMILES string of the molecule is Cc1cccn2nc(NCc3ccccc3O)nc12. The fourth-order valence-electron chi connectivity index (χ4n) is 1.95. The minimum Gasteiger partial charge on any atom is -0.508 e. The van der Waals surface area contributed by atoms with Crippen molar-refractivity contribution in [2.24, 2.45) is 0 Å². The Kier molecular flexibility index (Phi) is 2.79. The molecule has 2 heterocycles.